The van der Waals surface area contributed by atoms with Gasteiger partial charge in [-0.3, -0.25) is 9.59 Å². The molecule has 0 spiro atoms. The van der Waals surface area contributed by atoms with Crippen LogP contribution in [0.2, 0.25) is 0 Å². The van der Waals surface area contributed by atoms with Crippen LogP contribution in [0.3, 0.4) is 0 Å². The summed E-state index contributed by atoms with van der Waals surface area (Å²) in [5, 5.41) is 3.06. The zero-order valence-corrected chi connectivity index (χ0v) is 15.6. The van der Waals surface area contributed by atoms with Gasteiger partial charge in [-0.2, -0.15) is 0 Å². The number of benzene rings is 1. The van der Waals surface area contributed by atoms with Crippen LogP contribution >= 0.6 is 0 Å². The molecule has 0 unspecified atom stereocenters. The molecule has 142 valence electrons. The second-order valence-corrected chi connectivity index (χ2v) is 7.41. The molecular formula is C20H25N5O2. The van der Waals surface area contributed by atoms with E-state index in [0.717, 1.165) is 31.5 Å². The number of carbonyl (C=O) groups is 2. The molecule has 27 heavy (non-hydrogen) atoms. The Kier molecular flexibility index (Phi) is 4.94. The van der Waals surface area contributed by atoms with Crippen LogP contribution in [-0.4, -0.2) is 63.9 Å². The van der Waals surface area contributed by atoms with Gasteiger partial charge in [0.05, 0.1) is 0 Å². The second-order valence-electron chi connectivity index (χ2n) is 7.41. The van der Waals surface area contributed by atoms with Crippen molar-refractivity contribution in [2.75, 3.05) is 26.7 Å². The number of amides is 2. The maximum atomic E-state index is 12.8. The average molecular weight is 367 g/mol. The van der Waals surface area contributed by atoms with Crippen molar-refractivity contribution >= 4 is 11.8 Å². The van der Waals surface area contributed by atoms with Crippen molar-refractivity contribution in [3.8, 4) is 0 Å². The third-order valence-electron chi connectivity index (χ3n) is 5.37. The fourth-order valence-electron chi connectivity index (χ4n) is 3.70. The van der Waals surface area contributed by atoms with E-state index in [1.54, 1.807) is 15.7 Å². The molecule has 2 aliphatic rings. The molecule has 3 heterocycles. The number of imidazole rings is 1. The molecule has 1 saturated heterocycles. The minimum atomic E-state index is -0.186. The lowest BCUT2D eigenvalue weighted by atomic mass is 10.1. The largest absolute Gasteiger partial charge is 0.348 e. The lowest BCUT2D eigenvalue weighted by Gasteiger charge is -2.29. The molecule has 4 rings (SSSR count). The van der Waals surface area contributed by atoms with Gasteiger partial charge >= 0.3 is 0 Å². The number of nitrogens with zero attached hydrogens (tertiary/aromatic N) is 4. The van der Waals surface area contributed by atoms with Gasteiger partial charge in [0.15, 0.2) is 5.82 Å². The van der Waals surface area contributed by atoms with Gasteiger partial charge in [0.25, 0.3) is 11.8 Å². The molecule has 2 aliphatic heterocycles. The molecule has 2 amide bonds. The minimum absolute atomic E-state index is 0.122. The van der Waals surface area contributed by atoms with Crippen molar-refractivity contribution in [3.63, 3.8) is 0 Å². The number of fused-ring (bicyclic) bond motifs is 1. The van der Waals surface area contributed by atoms with Crippen molar-refractivity contribution in [1.29, 1.82) is 0 Å². The van der Waals surface area contributed by atoms with Gasteiger partial charge in [-0.25, -0.2) is 4.98 Å². The standard InChI is InChI=1S/C20H25N5O2/c1-23-9-7-16(8-10-23)21-19(26)17-14-24-11-12-25(20(27)18(24)22-17)13-15-5-3-2-4-6-15/h2-6,14,16H,7-13H2,1H3,(H,21,26). The van der Waals surface area contributed by atoms with Gasteiger partial charge in [0.2, 0.25) is 0 Å². The molecule has 7 heteroatoms. The number of aromatic nitrogens is 2. The van der Waals surface area contributed by atoms with Crippen molar-refractivity contribution in [2.24, 2.45) is 0 Å². The van der Waals surface area contributed by atoms with E-state index in [2.05, 4.69) is 22.2 Å². The Morgan fingerprint density at radius 3 is 2.63 bits per heavy atom. The van der Waals surface area contributed by atoms with Crippen molar-refractivity contribution in [1.82, 2.24) is 24.7 Å². The monoisotopic (exact) mass is 367 g/mol. The van der Waals surface area contributed by atoms with Gasteiger partial charge in [0, 0.05) is 31.9 Å². The molecule has 2 aromatic rings. The number of hydrogen-bond donors (Lipinski definition) is 1. The summed E-state index contributed by atoms with van der Waals surface area (Å²) in [6.45, 7) is 3.80. The highest BCUT2D eigenvalue weighted by atomic mass is 16.2. The van der Waals surface area contributed by atoms with Crippen LogP contribution < -0.4 is 5.32 Å². The Morgan fingerprint density at radius 1 is 1.15 bits per heavy atom. The van der Waals surface area contributed by atoms with Crippen LogP contribution in [0.1, 0.15) is 39.5 Å². The van der Waals surface area contributed by atoms with Crippen molar-refractivity contribution < 1.29 is 9.59 Å². The van der Waals surface area contributed by atoms with Crippen LogP contribution in [0.15, 0.2) is 36.5 Å². The summed E-state index contributed by atoms with van der Waals surface area (Å²) in [4.78, 5) is 33.8. The lowest BCUT2D eigenvalue weighted by molar-refractivity contribution is 0.0683. The van der Waals surface area contributed by atoms with E-state index in [9.17, 15) is 9.59 Å². The number of rotatable bonds is 4. The number of likely N-dealkylation sites (tertiary alicyclic amines) is 1. The topological polar surface area (TPSA) is 70.5 Å². The van der Waals surface area contributed by atoms with Crippen molar-refractivity contribution in [2.45, 2.75) is 32.0 Å². The summed E-state index contributed by atoms with van der Waals surface area (Å²) < 4.78 is 1.80. The SMILES string of the molecule is CN1CCC(NC(=O)c2cn3c(n2)C(=O)N(Cc2ccccc2)CC3)CC1. The van der Waals surface area contributed by atoms with E-state index < -0.39 is 0 Å². The quantitative estimate of drug-likeness (QED) is 0.886. The molecule has 1 aromatic carbocycles. The Labute approximate surface area is 159 Å². The van der Waals surface area contributed by atoms with Gasteiger partial charge in [-0.1, -0.05) is 30.3 Å². The first-order valence-corrected chi connectivity index (χ1v) is 9.50. The third kappa shape index (κ3) is 3.88. The first-order valence-electron chi connectivity index (χ1n) is 9.50. The fourth-order valence-corrected chi connectivity index (χ4v) is 3.70. The van der Waals surface area contributed by atoms with Gasteiger partial charge in [-0.15, -0.1) is 0 Å². The molecule has 0 aliphatic carbocycles. The number of carbonyl (C=O) groups excluding carboxylic acids is 2. The number of nitrogens with one attached hydrogen (secondary N) is 1. The predicted octanol–water partition coefficient (Wildman–Crippen LogP) is 1.36. The molecule has 1 fully saturated rings. The highest BCUT2D eigenvalue weighted by molar-refractivity contribution is 5.96. The summed E-state index contributed by atoms with van der Waals surface area (Å²) in [6, 6.07) is 10.1. The normalized spacial score (nSPS) is 18.4. The predicted molar refractivity (Wildman–Crippen MR) is 101 cm³/mol. The summed E-state index contributed by atoms with van der Waals surface area (Å²) in [7, 11) is 2.09. The van der Waals surface area contributed by atoms with E-state index >= 15 is 0 Å². The maximum Gasteiger partial charge on any atom is 0.290 e. The third-order valence-corrected chi connectivity index (χ3v) is 5.37. The summed E-state index contributed by atoms with van der Waals surface area (Å²) >= 11 is 0. The Morgan fingerprint density at radius 2 is 1.89 bits per heavy atom. The van der Waals surface area contributed by atoms with E-state index in [0.29, 0.717) is 31.2 Å². The van der Waals surface area contributed by atoms with Gasteiger partial charge < -0.3 is 19.7 Å². The molecular weight excluding hydrogens is 342 g/mol. The maximum absolute atomic E-state index is 12.8. The smallest absolute Gasteiger partial charge is 0.290 e. The Hall–Kier alpha value is -2.67. The highest BCUT2D eigenvalue weighted by Crippen LogP contribution is 2.16. The lowest BCUT2D eigenvalue weighted by Crippen LogP contribution is -2.43. The van der Waals surface area contributed by atoms with Gasteiger partial charge in [-0.05, 0) is 38.5 Å². The van der Waals surface area contributed by atoms with Crippen LogP contribution in [0, 0.1) is 0 Å². The zero-order valence-electron chi connectivity index (χ0n) is 15.6. The van der Waals surface area contributed by atoms with E-state index in [4.69, 9.17) is 0 Å². The number of hydrogen-bond acceptors (Lipinski definition) is 4. The van der Waals surface area contributed by atoms with Crippen LogP contribution in [0.25, 0.3) is 0 Å². The molecule has 0 saturated carbocycles. The molecule has 7 nitrogen and oxygen atoms in total. The average Bonchev–Trinajstić information content (AvgIpc) is 3.12. The molecule has 0 atom stereocenters. The molecule has 0 radical (unpaired) electrons. The second kappa shape index (κ2) is 7.52. The summed E-state index contributed by atoms with van der Waals surface area (Å²) in [6.07, 6.45) is 3.59. The van der Waals surface area contributed by atoms with E-state index in [1.807, 2.05) is 30.3 Å². The highest BCUT2D eigenvalue weighted by Gasteiger charge is 2.29. The molecule has 1 N–H and O–H groups in total. The first kappa shape index (κ1) is 17.7. The van der Waals surface area contributed by atoms with Gasteiger partial charge in [0.1, 0.15) is 5.69 Å². The van der Waals surface area contributed by atoms with E-state index in [-0.39, 0.29) is 17.9 Å². The fraction of sp³-hybridized carbons (Fsp3) is 0.450. The van der Waals surface area contributed by atoms with Crippen LogP contribution in [0.4, 0.5) is 0 Å². The van der Waals surface area contributed by atoms with Crippen LogP contribution in [-0.2, 0) is 13.1 Å². The summed E-state index contributed by atoms with van der Waals surface area (Å²) in [5.74, 6) is 0.0445. The minimum Gasteiger partial charge on any atom is -0.348 e. The zero-order chi connectivity index (χ0) is 18.8. The molecule has 0 bridgehead atoms. The number of piperidine rings is 1. The van der Waals surface area contributed by atoms with Crippen molar-refractivity contribution in [3.05, 3.63) is 53.6 Å². The van der Waals surface area contributed by atoms with E-state index in [1.165, 1.54) is 0 Å². The Bertz CT molecular complexity index is 824. The summed E-state index contributed by atoms with van der Waals surface area (Å²) in [5.41, 5.74) is 1.42. The Balaban J connectivity index is 1.43. The molecule has 1 aromatic heterocycles. The first-order chi connectivity index (χ1) is 13.1. The van der Waals surface area contributed by atoms with Crippen LogP contribution in [0.5, 0.6) is 0 Å².